The van der Waals surface area contributed by atoms with E-state index in [1.54, 1.807) is 0 Å². The third-order valence-corrected chi connectivity index (χ3v) is 1.98. The maximum atomic E-state index is 5.65. The van der Waals surface area contributed by atoms with Gasteiger partial charge >= 0.3 is 0 Å². The monoisotopic (exact) mass is 185 g/mol. The largest absolute Gasteiger partial charge is 0.381 e. The molecule has 0 bridgehead atoms. The molecule has 0 spiro atoms. The summed E-state index contributed by atoms with van der Waals surface area (Å²) in [7, 11) is 0. The van der Waals surface area contributed by atoms with Gasteiger partial charge < -0.3 is 15.8 Å². The van der Waals surface area contributed by atoms with Crippen LogP contribution in [-0.4, -0.2) is 31.8 Å². The molecule has 0 radical (unpaired) electrons. The Bertz CT molecular complexity index is 174. The second kappa shape index (κ2) is 5.07. The molecule has 1 heterocycles. The van der Waals surface area contributed by atoms with Crippen LogP contribution in [-0.2, 0) is 4.74 Å². The average molecular weight is 185 g/mol. The zero-order valence-electron chi connectivity index (χ0n) is 8.42. The fourth-order valence-electron chi connectivity index (χ4n) is 1.30. The third kappa shape index (κ3) is 4.12. The van der Waals surface area contributed by atoms with E-state index in [4.69, 9.17) is 10.5 Å². The lowest BCUT2D eigenvalue weighted by molar-refractivity contribution is 0.187. The first kappa shape index (κ1) is 10.3. The number of aliphatic imine (C=N–C) groups is 1. The number of nitrogens with one attached hydrogen (secondary N) is 1. The SMILES string of the molecule is CC(C)NC(N)=NCC1CCOC1. The molecule has 0 aromatic rings. The van der Waals surface area contributed by atoms with E-state index in [0.29, 0.717) is 17.9 Å². The maximum Gasteiger partial charge on any atom is 0.188 e. The molecule has 1 aliphatic rings. The Morgan fingerprint density at radius 2 is 2.46 bits per heavy atom. The van der Waals surface area contributed by atoms with Gasteiger partial charge in [-0.05, 0) is 20.3 Å². The van der Waals surface area contributed by atoms with Gasteiger partial charge in [-0.15, -0.1) is 0 Å². The lowest BCUT2D eigenvalue weighted by Crippen LogP contribution is -2.37. The van der Waals surface area contributed by atoms with E-state index >= 15 is 0 Å². The van der Waals surface area contributed by atoms with Crippen molar-refractivity contribution in [1.82, 2.24) is 5.32 Å². The number of rotatable bonds is 3. The Morgan fingerprint density at radius 1 is 1.69 bits per heavy atom. The molecule has 1 saturated heterocycles. The van der Waals surface area contributed by atoms with E-state index in [0.717, 1.165) is 26.2 Å². The van der Waals surface area contributed by atoms with Crippen molar-refractivity contribution in [3.8, 4) is 0 Å². The van der Waals surface area contributed by atoms with Gasteiger partial charge in [-0.25, -0.2) is 0 Å². The molecular weight excluding hydrogens is 166 g/mol. The molecule has 1 fully saturated rings. The maximum absolute atomic E-state index is 5.65. The van der Waals surface area contributed by atoms with E-state index in [1.807, 2.05) is 13.8 Å². The van der Waals surface area contributed by atoms with Crippen molar-refractivity contribution in [1.29, 1.82) is 0 Å². The Balaban J connectivity index is 2.21. The number of guanidine groups is 1. The summed E-state index contributed by atoms with van der Waals surface area (Å²) >= 11 is 0. The second-order valence-corrected chi connectivity index (χ2v) is 3.75. The van der Waals surface area contributed by atoms with Crippen LogP contribution in [0.4, 0.5) is 0 Å². The van der Waals surface area contributed by atoms with E-state index in [1.165, 1.54) is 0 Å². The highest BCUT2D eigenvalue weighted by Gasteiger charge is 2.14. The van der Waals surface area contributed by atoms with E-state index in [-0.39, 0.29) is 0 Å². The molecule has 3 N–H and O–H groups in total. The summed E-state index contributed by atoms with van der Waals surface area (Å²) in [6, 6.07) is 0.351. The Kier molecular flexibility index (Phi) is 4.02. The van der Waals surface area contributed by atoms with Gasteiger partial charge in [0.1, 0.15) is 0 Å². The molecule has 4 nitrogen and oxygen atoms in total. The molecule has 0 amide bonds. The van der Waals surface area contributed by atoms with Crippen LogP contribution in [0.3, 0.4) is 0 Å². The standard InChI is InChI=1S/C9H19N3O/c1-7(2)12-9(10)11-5-8-3-4-13-6-8/h7-8H,3-6H2,1-2H3,(H3,10,11,12). The first-order chi connectivity index (χ1) is 6.18. The van der Waals surface area contributed by atoms with Crippen molar-refractivity contribution >= 4 is 5.96 Å². The zero-order valence-corrected chi connectivity index (χ0v) is 8.42. The van der Waals surface area contributed by atoms with Gasteiger partial charge in [0.25, 0.3) is 0 Å². The molecule has 0 aromatic carbocycles. The minimum absolute atomic E-state index is 0.351. The lowest BCUT2D eigenvalue weighted by Gasteiger charge is -2.09. The van der Waals surface area contributed by atoms with Gasteiger partial charge in [-0.3, -0.25) is 4.99 Å². The van der Waals surface area contributed by atoms with Gasteiger partial charge in [0.2, 0.25) is 0 Å². The Hall–Kier alpha value is -0.770. The highest BCUT2D eigenvalue weighted by molar-refractivity contribution is 5.78. The molecule has 1 aliphatic heterocycles. The van der Waals surface area contributed by atoms with Crippen molar-refractivity contribution < 1.29 is 4.74 Å². The summed E-state index contributed by atoms with van der Waals surface area (Å²) in [6.45, 7) is 6.57. The normalized spacial score (nSPS) is 23.9. The Labute approximate surface area is 79.6 Å². The summed E-state index contributed by atoms with van der Waals surface area (Å²) < 4.78 is 5.24. The topological polar surface area (TPSA) is 59.6 Å². The Morgan fingerprint density at radius 3 is 3.00 bits per heavy atom. The lowest BCUT2D eigenvalue weighted by atomic mass is 10.1. The molecule has 0 saturated carbocycles. The minimum atomic E-state index is 0.351. The van der Waals surface area contributed by atoms with Gasteiger partial charge in [0.15, 0.2) is 5.96 Å². The zero-order chi connectivity index (χ0) is 9.68. The average Bonchev–Trinajstić information content (AvgIpc) is 2.51. The predicted molar refractivity (Wildman–Crippen MR) is 53.7 cm³/mol. The fraction of sp³-hybridized carbons (Fsp3) is 0.889. The van der Waals surface area contributed by atoms with Crippen LogP contribution >= 0.6 is 0 Å². The van der Waals surface area contributed by atoms with Crippen LogP contribution in [0.2, 0.25) is 0 Å². The smallest absolute Gasteiger partial charge is 0.188 e. The van der Waals surface area contributed by atoms with Gasteiger partial charge in [-0.2, -0.15) is 0 Å². The number of nitrogens with two attached hydrogens (primary N) is 1. The third-order valence-electron chi connectivity index (χ3n) is 1.98. The van der Waals surface area contributed by atoms with Crippen molar-refractivity contribution in [3.05, 3.63) is 0 Å². The highest BCUT2D eigenvalue weighted by Crippen LogP contribution is 2.11. The molecule has 0 aromatic heterocycles. The van der Waals surface area contributed by atoms with E-state index < -0.39 is 0 Å². The summed E-state index contributed by atoms with van der Waals surface area (Å²) in [5, 5.41) is 3.05. The molecular formula is C9H19N3O. The van der Waals surface area contributed by atoms with Gasteiger partial charge in [-0.1, -0.05) is 0 Å². The van der Waals surface area contributed by atoms with Crippen LogP contribution in [0.25, 0.3) is 0 Å². The van der Waals surface area contributed by atoms with Crippen molar-refractivity contribution in [3.63, 3.8) is 0 Å². The molecule has 4 heteroatoms. The molecule has 0 aliphatic carbocycles. The van der Waals surface area contributed by atoms with Crippen molar-refractivity contribution in [2.45, 2.75) is 26.3 Å². The molecule has 13 heavy (non-hydrogen) atoms. The van der Waals surface area contributed by atoms with Gasteiger partial charge in [0.05, 0.1) is 6.61 Å². The van der Waals surface area contributed by atoms with Crippen LogP contribution in [0.1, 0.15) is 20.3 Å². The number of ether oxygens (including phenoxy) is 1. The second-order valence-electron chi connectivity index (χ2n) is 3.75. The molecule has 1 atom stereocenters. The van der Waals surface area contributed by atoms with Crippen LogP contribution in [0.5, 0.6) is 0 Å². The van der Waals surface area contributed by atoms with Crippen LogP contribution < -0.4 is 11.1 Å². The predicted octanol–water partition coefficient (Wildman–Crippen LogP) is 0.336. The number of hydrogen-bond acceptors (Lipinski definition) is 2. The summed E-state index contributed by atoms with van der Waals surface area (Å²) in [5.74, 6) is 1.11. The van der Waals surface area contributed by atoms with Crippen LogP contribution in [0, 0.1) is 5.92 Å². The number of hydrogen-bond donors (Lipinski definition) is 2. The van der Waals surface area contributed by atoms with Crippen molar-refractivity contribution in [2.24, 2.45) is 16.6 Å². The van der Waals surface area contributed by atoms with E-state index in [9.17, 15) is 0 Å². The molecule has 76 valence electrons. The van der Waals surface area contributed by atoms with Crippen LogP contribution in [0.15, 0.2) is 4.99 Å². The van der Waals surface area contributed by atoms with Crippen molar-refractivity contribution in [2.75, 3.05) is 19.8 Å². The summed E-state index contributed by atoms with van der Waals surface area (Å²) in [6.07, 6.45) is 1.11. The minimum Gasteiger partial charge on any atom is -0.381 e. The first-order valence-electron chi connectivity index (χ1n) is 4.82. The highest BCUT2D eigenvalue weighted by atomic mass is 16.5. The fourth-order valence-corrected chi connectivity index (χ4v) is 1.30. The number of nitrogens with zero attached hydrogens (tertiary/aromatic N) is 1. The summed E-state index contributed by atoms with van der Waals surface area (Å²) in [4.78, 5) is 4.25. The molecule has 1 unspecified atom stereocenters. The first-order valence-corrected chi connectivity index (χ1v) is 4.82. The van der Waals surface area contributed by atoms with Gasteiger partial charge in [0, 0.05) is 25.1 Å². The molecule has 1 rings (SSSR count). The summed E-state index contributed by atoms with van der Waals surface area (Å²) in [5.41, 5.74) is 5.65. The quantitative estimate of drug-likeness (QED) is 0.492. The van der Waals surface area contributed by atoms with E-state index in [2.05, 4.69) is 10.3 Å².